The number of carbonyl (C=O) groups excluding carboxylic acids is 1. The number of benzene rings is 2. The van der Waals surface area contributed by atoms with Crippen LogP contribution in [0.25, 0.3) is 0 Å². The number of hydroxylamine groups is 1. The fraction of sp³-hybridized carbons (Fsp3) is 0.381. The van der Waals surface area contributed by atoms with Gasteiger partial charge in [-0.15, -0.1) is 0 Å². The van der Waals surface area contributed by atoms with E-state index in [0.717, 1.165) is 24.8 Å². The summed E-state index contributed by atoms with van der Waals surface area (Å²) in [6.07, 6.45) is 2.26. The quantitative estimate of drug-likeness (QED) is 0.521. The van der Waals surface area contributed by atoms with Crippen LogP contribution in [-0.2, 0) is 9.63 Å². The highest BCUT2D eigenvalue weighted by molar-refractivity contribution is 6.30. The second-order valence-electron chi connectivity index (χ2n) is 8.29. The molecule has 6 rings (SSSR count). The Hall–Kier alpha value is -1.87. The minimum atomic E-state index is -0.245. The Morgan fingerprint density at radius 3 is 2.33 bits per heavy atom. The first-order valence-electron chi connectivity index (χ1n) is 9.83. The Balaban J connectivity index is 1.05. The first-order valence-corrected chi connectivity index (χ1v) is 10.6. The predicted octanol–water partition coefficient (Wildman–Crippen LogP) is 2.86. The number of carbonyl (C=O) groups is 1. The summed E-state index contributed by atoms with van der Waals surface area (Å²) in [7, 11) is 0. The molecule has 2 aromatic rings. The summed E-state index contributed by atoms with van der Waals surface area (Å²) in [5.41, 5.74) is 3.89. The average Bonchev–Trinajstić information content (AvgIpc) is 3.14. The molecular formula is C21H22Cl2N4O3. The van der Waals surface area contributed by atoms with Crippen molar-refractivity contribution in [1.29, 1.82) is 0 Å². The van der Waals surface area contributed by atoms with Crippen LogP contribution in [0.2, 0.25) is 10.0 Å². The van der Waals surface area contributed by atoms with Gasteiger partial charge < -0.3 is 10.1 Å². The van der Waals surface area contributed by atoms with Gasteiger partial charge in [-0.2, -0.15) is 5.48 Å². The molecule has 2 bridgehead atoms. The molecule has 2 unspecified atom stereocenters. The van der Waals surface area contributed by atoms with Crippen molar-refractivity contribution < 1.29 is 14.4 Å². The molecule has 0 radical (unpaired) electrons. The molecule has 30 heavy (non-hydrogen) atoms. The third-order valence-electron chi connectivity index (χ3n) is 5.86. The van der Waals surface area contributed by atoms with Crippen LogP contribution < -0.4 is 26.2 Å². The second-order valence-corrected chi connectivity index (χ2v) is 9.17. The van der Waals surface area contributed by atoms with Crippen molar-refractivity contribution in [2.24, 2.45) is 0 Å². The van der Waals surface area contributed by atoms with E-state index < -0.39 is 0 Å². The van der Waals surface area contributed by atoms with Gasteiger partial charge in [0.15, 0.2) is 12.8 Å². The van der Waals surface area contributed by atoms with Crippen LogP contribution in [0.3, 0.4) is 0 Å². The summed E-state index contributed by atoms with van der Waals surface area (Å²) in [5.74, 6) is 0.514. The van der Waals surface area contributed by atoms with Crippen molar-refractivity contribution in [3.63, 3.8) is 0 Å². The van der Waals surface area contributed by atoms with Crippen molar-refractivity contribution in [3.05, 3.63) is 64.1 Å². The highest BCUT2D eigenvalue weighted by Gasteiger charge is 2.69. The van der Waals surface area contributed by atoms with Gasteiger partial charge in [0, 0.05) is 21.1 Å². The summed E-state index contributed by atoms with van der Waals surface area (Å²) in [6, 6.07) is 14.5. The lowest BCUT2D eigenvalue weighted by Crippen LogP contribution is -2.85. The molecule has 2 aromatic carbocycles. The number of ether oxygens (including phenoxy) is 1. The SMILES string of the molecule is O=C(COc1ccc(Cl)cc1)NC12CC(NC3NOC(c4ccc(Cl)cc4)N3)(C1)C2. The van der Waals surface area contributed by atoms with E-state index in [1.54, 1.807) is 24.3 Å². The molecule has 1 heterocycles. The Morgan fingerprint density at radius 1 is 1.03 bits per heavy atom. The molecule has 2 atom stereocenters. The molecule has 0 spiro atoms. The number of rotatable bonds is 7. The molecule has 1 aliphatic heterocycles. The maximum absolute atomic E-state index is 12.3. The van der Waals surface area contributed by atoms with E-state index in [1.807, 2.05) is 24.3 Å². The normalized spacial score (nSPS) is 31.5. The molecule has 1 amide bonds. The number of halogens is 2. The molecule has 4 aliphatic rings. The Labute approximate surface area is 184 Å². The van der Waals surface area contributed by atoms with Gasteiger partial charge in [-0.25, -0.2) is 0 Å². The molecule has 1 saturated heterocycles. The Morgan fingerprint density at radius 2 is 1.67 bits per heavy atom. The lowest BCUT2D eigenvalue weighted by atomic mass is 9.44. The minimum absolute atomic E-state index is 0.00778. The van der Waals surface area contributed by atoms with Crippen molar-refractivity contribution >= 4 is 29.1 Å². The van der Waals surface area contributed by atoms with Crippen LogP contribution in [0.4, 0.5) is 0 Å². The van der Waals surface area contributed by atoms with Crippen LogP contribution >= 0.6 is 23.2 Å². The molecule has 3 saturated carbocycles. The van der Waals surface area contributed by atoms with Crippen LogP contribution in [0.15, 0.2) is 48.5 Å². The Bertz CT molecular complexity index is 918. The van der Waals surface area contributed by atoms with E-state index in [-0.39, 0.29) is 36.1 Å². The molecular weight excluding hydrogens is 427 g/mol. The summed E-state index contributed by atoms with van der Waals surface area (Å²) in [4.78, 5) is 17.9. The van der Waals surface area contributed by atoms with E-state index in [2.05, 4.69) is 21.4 Å². The van der Waals surface area contributed by atoms with Gasteiger partial charge in [-0.05, 0) is 61.2 Å². The van der Waals surface area contributed by atoms with Crippen molar-refractivity contribution in [1.82, 2.24) is 21.4 Å². The number of hydrogen-bond donors (Lipinski definition) is 4. The highest BCUT2D eigenvalue weighted by atomic mass is 35.5. The zero-order chi connectivity index (χ0) is 20.8. The van der Waals surface area contributed by atoms with E-state index in [9.17, 15) is 4.79 Å². The van der Waals surface area contributed by atoms with Crippen LogP contribution in [-0.4, -0.2) is 29.9 Å². The standard InChI is InChI=1S/C21H22Cl2N4O3/c22-14-3-1-13(2-4-14)18-24-19(27-30-18)26-21-10-20(11-21,12-21)25-17(28)9-29-16-7-5-15(23)6-8-16/h1-8,18-19,24,26-27H,9-12H2,(H,25,28). The van der Waals surface area contributed by atoms with Crippen LogP contribution in [0, 0.1) is 0 Å². The molecule has 9 heteroatoms. The molecule has 158 valence electrons. The fourth-order valence-electron chi connectivity index (χ4n) is 4.62. The first-order chi connectivity index (χ1) is 14.4. The van der Waals surface area contributed by atoms with E-state index in [1.165, 1.54) is 0 Å². The maximum atomic E-state index is 12.3. The van der Waals surface area contributed by atoms with Gasteiger partial charge >= 0.3 is 0 Å². The van der Waals surface area contributed by atoms with Gasteiger partial charge in [0.1, 0.15) is 12.0 Å². The summed E-state index contributed by atoms with van der Waals surface area (Å²) in [6.45, 7) is -0.00778. The van der Waals surface area contributed by atoms with Gasteiger partial charge in [0.05, 0.1) is 0 Å². The van der Waals surface area contributed by atoms with Crippen LogP contribution in [0.1, 0.15) is 31.1 Å². The number of nitrogens with one attached hydrogen (secondary N) is 4. The van der Waals surface area contributed by atoms with Gasteiger partial charge in [0.25, 0.3) is 5.91 Å². The third kappa shape index (κ3) is 4.01. The molecule has 4 fully saturated rings. The van der Waals surface area contributed by atoms with Gasteiger partial charge in [0.2, 0.25) is 0 Å². The molecule has 4 N–H and O–H groups in total. The zero-order valence-corrected chi connectivity index (χ0v) is 17.6. The largest absolute Gasteiger partial charge is 0.484 e. The summed E-state index contributed by atoms with van der Waals surface area (Å²) >= 11 is 11.8. The number of hydrogen-bond acceptors (Lipinski definition) is 6. The van der Waals surface area contributed by atoms with Crippen molar-refractivity contribution in [2.75, 3.05) is 6.61 Å². The van der Waals surface area contributed by atoms with Gasteiger partial charge in [-0.1, -0.05) is 35.3 Å². The maximum Gasteiger partial charge on any atom is 0.258 e. The molecule has 3 aliphatic carbocycles. The second kappa shape index (κ2) is 7.67. The monoisotopic (exact) mass is 448 g/mol. The average molecular weight is 449 g/mol. The van der Waals surface area contributed by atoms with Crippen LogP contribution in [0.5, 0.6) is 5.75 Å². The van der Waals surface area contributed by atoms with E-state index in [4.69, 9.17) is 32.8 Å². The topological polar surface area (TPSA) is 83.7 Å². The van der Waals surface area contributed by atoms with Gasteiger partial charge in [-0.3, -0.25) is 20.3 Å². The smallest absolute Gasteiger partial charge is 0.258 e. The third-order valence-corrected chi connectivity index (χ3v) is 6.37. The summed E-state index contributed by atoms with van der Waals surface area (Å²) in [5, 5.41) is 11.4. The van der Waals surface area contributed by atoms with Crippen molar-refractivity contribution in [2.45, 2.75) is 42.9 Å². The first kappa shape index (κ1) is 20.1. The lowest BCUT2D eigenvalue weighted by molar-refractivity contribution is -0.146. The highest BCUT2D eigenvalue weighted by Crippen LogP contribution is 2.60. The summed E-state index contributed by atoms with van der Waals surface area (Å²) < 4.78 is 5.52. The molecule has 0 aromatic heterocycles. The predicted molar refractivity (Wildman–Crippen MR) is 113 cm³/mol. The minimum Gasteiger partial charge on any atom is -0.484 e. The number of amides is 1. The molecule has 7 nitrogen and oxygen atoms in total. The van der Waals surface area contributed by atoms with E-state index >= 15 is 0 Å². The van der Waals surface area contributed by atoms with Crippen molar-refractivity contribution in [3.8, 4) is 5.75 Å². The fourth-order valence-corrected chi connectivity index (χ4v) is 4.87. The Kier molecular flexibility index (Phi) is 5.13. The van der Waals surface area contributed by atoms with E-state index in [0.29, 0.717) is 15.8 Å². The zero-order valence-electron chi connectivity index (χ0n) is 16.1. The lowest BCUT2D eigenvalue weighted by Gasteiger charge is -2.71.